The maximum atomic E-state index is 13.2. The summed E-state index contributed by atoms with van der Waals surface area (Å²) in [5.41, 5.74) is 0.797. The molecule has 1 aliphatic heterocycles. The predicted octanol–water partition coefficient (Wildman–Crippen LogP) is 3.02. The number of benzene rings is 2. The molecule has 0 spiro atoms. The number of sulfonamides is 1. The minimum Gasteiger partial charge on any atom is -0.367 e. The van der Waals surface area contributed by atoms with Gasteiger partial charge in [0, 0.05) is 30.8 Å². The lowest BCUT2D eigenvalue weighted by molar-refractivity contribution is 0.0939. The Hall–Kier alpha value is -2.84. The number of Topliss-reactive ketones (excluding diaryl/α,β-unsaturated/α-hetero) is 2. The average Bonchev–Trinajstić information content (AvgIpc) is 2.76. The van der Waals surface area contributed by atoms with Crippen LogP contribution in [0.5, 0.6) is 0 Å². The van der Waals surface area contributed by atoms with E-state index in [2.05, 4.69) is 4.72 Å². The summed E-state index contributed by atoms with van der Waals surface area (Å²) >= 11 is 0. The lowest BCUT2D eigenvalue weighted by atomic mass is 9.91. The molecule has 0 radical (unpaired) electrons. The summed E-state index contributed by atoms with van der Waals surface area (Å²) in [6.45, 7) is 0.920. The van der Waals surface area contributed by atoms with Gasteiger partial charge in [0.25, 0.3) is 0 Å². The van der Waals surface area contributed by atoms with Crippen molar-refractivity contribution in [2.24, 2.45) is 0 Å². The number of nitrogens with zero attached hydrogens (tertiary/aromatic N) is 1. The molecular weight excluding hydrogens is 407 g/mol. The zero-order valence-electron chi connectivity index (χ0n) is 16.2. The molecule has 0 atom stereocenters. The number of allylic oxidation sites excluding steroid dienone is 2. The molecule has 30 heavy (non-hydrogen) atoms. The molecule has 8 heteroatoms. The highest BCUT2D eigenvalue weighted by molar-refractivity contribution is 7.94. The molecule has 1 N–H and O–H groups in total. The van der Waals surface area contributed by atoms with Gasteiger partial charge in [-0.05, 0) is 37.0 Å². The van der Waals surface area contributed by atoms with Crippen molar-refractivity contribution in [1.29, 1.82) is 0 Å². The van der Waals surface area contributed by atoms with Gasteiger partial charge in [-0.2, -0.15) is 0 Å². The van der Waals surface area contributed by atoms with Gasteiger partial charge in [-0.3, -0.25) is 9.59 Å². The summed E-state index contributed by atoms with van der Waals surface area (Å²) in [7, 11) is -4.29. The second kappa shape index (κ2) is 8.12. The number of fused-ring (bicyclic) bond motifs is 1. The quantitative estimate of drug-likeness (QED) is 0.792. The smallest absolute Gasteiger partial charge is 0.247 e. The van der Waals surface area contributed by atoms with Crippen molar-refractivity contribution in [3.05, 3.63) is 81.6 Å². The molecule has 2 aromatic rings. The van der Waals surface area contributed by atoms with Gasteiger partial charge in [0.2, 0.25) is 21.6 Å². The normalized spacial score (nSPS) is 17.3. The van der Waals surface area contributed by atoms with Crippen LogP contribution in [0.15, 0.2) is 59.1 Å². The van der Waals surface area contributed by atoms with Crippen molar-refractivity contribution >= 4 is 21.6 Å². The third kappa shape index (κ3) is 3.80. The molecule has 6 nitrogen and oxygen atoms in total. The van der Waals surface area contributed by atoms with E-state index in [0.717, 1.165) is 19.3 Å². The monoisotopic (exact) mass is 428 g/mol. The molecule has 1 fully saturated rings. The van der Waals surface area contributed by atoms with Crippen molar-refractivity contribution in [1.82, 2.24) is 9.62 Å². The standard InChI is InChI=1S/C22H21FN2O4S/c23-16-10-8-15(9-11-16)14-24-30(28,29)22-19(25-12-4-1-5-13-25)20(26)17-6-2-3-7-18(17)21(22)27/h2-3,6-11,24H,1,4-5,12-14H2. The van der Waals surface area contributed by atoms with E-state index in [1.165, 1.54) is 30.3 Å². The zero-order chi connectivity index (χ0) is 21.3. The molecule has 1 heterocycles. The first kappa shape index (κ1) is 20.4. The van der Waals surface area contributed by atoms with Crippen LogP contribution in [0.2, 0.25) is 0 Å². The van der Waals surface area contributed by atoms with E-state index in [4.69, 9.17) is 0 Å². The molecule has 2 aliphatic rings. The largest absolute Gasteiger partial charge is 0.367 e. The molecule has 0 aromatic heterocycles. The summed E-state index contributed by atoms with van der Waals surface area (Å²) in [6, 6.07) is 11.7. The van der Waals surface area contributed by atoms with Gasteiger partial charge < -0.3 is 4.90 Å². The van der Waals surface area contributed by atoms with Gasteiger partial charge in [0.15, 0.2) is 4.91 Å². The first-order valence-electron chi connectivity index (χ1n) is 9.80. The van der Waals surface area contributed by atoms with Crippen LogP contribution in [0.3, 0.4) is 0 Å². The number of halogens is 1. The Morgan fingerprint density at radius 2 is 1.47 bits per heavy atom. The third-order valence-electron chi connectivity index (χ3n) is 5.37. The Kier molecular flexibility index (Phi) is 5.53. The topological polar surface area (TPSA) is 83.6 Å². The van der Waals surface area contributed by atoms with Gasteiger partial charge in [-0.25, -0.2) is 17.5 Å². The van der Waals surface area contributed by atoms with Crippen molar-refractivity contribution in [3.63, 3.8) is 0 Å². The van der Waals surface area contributed by atoms with Crippen LogP contribution in [0.1, 0.15) is 45.5 Å². The fourth-order valence-electron chi connectivity index (χ4n) is 3.85. The maximum Gasteiger partial charge on any atom is 0.247 e. The maximum absolute atomic E-state index is 13.2. The van der Waals surface area contributed by atoms with Gasteiger partial charge in [-0.15, -0.1) is 0 Å². The number of nitrogens with one attached hydrogen (secondary N) is 1. The highest BCUT2D eigenvalue weighted by Gasteiger charge is 2.41. The highest BCUT2D eigenvalue weighted by atomic mass is 32.2. The van der Waals surface area contributed by atoms with Crippen LogP contribution < -0.4 is 4.72 Å². The van der Waals surface area contributed by atoms with E-state index in [-0.39, 0.29) is 23.4 Å². The molecular formula is C22H21FN2O4S. The fraction of sp³-hybridized carbons (Fsp3) is 0.273. The van der Waals surface area contributed by atoms with Crippen LogP contribution in [0, 0.1) is 5.82 Å². The molecule has 1 aliphatic carbocycles. The molecule has 0 amide bonds. The third-order valence-corrected chi connectivity index (χ3v) is 6.81. The first-order valence-corrected chi connectivity index (χ1v) is 11.3. The van der Waals surface area contributed by atoms with Gasteiger partial charge in [0.05, 0.1) is 0 Å². The van der Waals surface area contributed by atoms with Crippen molar-refractivity contribution in [2.45, 2.75) is 25.8 Å². The number of carbonyl (C=O) groups is 2. The van der Waals surface area contributed by atoms with Crippen molar-refractivity contribution in [2.75, 3.05) is 13.1 Å². The number of piperidine rings is 1. The predicted molar refractivity (Wildman–Crippen MR) is 110 cm³/mol. The molecule has 2 aromatic carbocycles. The van der Waals surface area contributed by atoms with E-state index < -0.39 is 32.3 Å². The Bertz CT molecular complexity index is 1130. The summed E-state index contributed by atoms with van der Waals surface area (Å²) in [5, 5.41) is 0. The Morgan fingerprint density at radius 3 is 2.10 bits per heavy atom. The van der Waals surface area contributed by atoms with Crippen molar-refractivity contribution < 1.29 is 22.4 Å². The number of hydrogen-bond acceptors (Lipinski definition) is 5. The summed E-state index contributed by atoms with van der Waals surface area (Å²) < 4.78 is 41.9. The fourth-order valence-corrected chi connectivity index (χ4v) is 5.18. The Balaban J connectivity index is 1.76. The molecule has 0 unspecified atom stereocenters. The zero-order valence-corrected chi connectivity index (χ0v) is 17.0. The number of carbonyl (C=O) groups excluding carboxylic acids is 2. The number of hydrogen-bond donors (Lipinski definition) is 1. The van der Waals surface area contributed by atoms with E-state index in [1.807, 2.05) is 0 Å². The van der Waals surface area contributed by atoms with E-state index in [9.17, 15) is 22.4 Å². The lowest BCUT2D eigenvalue weighted by Crippen LogP contribution is -2.41. The summed E-state index contributed by atoms with van der Waals surface area (Å²) in [4.78, 5) is 27.7. The minimum atomic E-state index is -4.29. The minimum absolute atomic E-state index is 0.0509. The van der Waals surface area contributed by atoms with Crippen LogP contribution in [-0.2, 0) is 16.6 Å². The van der Waals surface area contributed by atoms with E-state index in [1.54, 1.807) is 23.1 Å². The summed E-state index contributed by atoms with van der Waals surface area (Å²) in [6.07, 6.45) is 2.64. The highest BCUT2D eigenvalue weighted by Crippen LogP contribution is 2.32. The Morgan fingerprint density at radius 1 is 0.867 bits per heavy atom. The Labute approximate surface area is 174 Å². The van der Waals surface area contributed by atoms with E-state index in [0.29, 0.717) is 18.7 Å². The van der Waals surface area contributed by atoms with E-state index >= 15 is 0 Å². The number of rotatable bonds is 5. The summed E-state index contributed by atoms with van der Waals surface area (Å²) in [5.74, 6) is -1.56. The van der Waals surface area contributed by atoms with Crippen LogP contribution in [0.25, 0.3) is 0 Å². The van der Waals surface area contributed by atoms with Crippen LogP contribution in [0.4, 0.5) is 4.39 Å². The lowest BCUT2D eigenvalue weighted by Gasteiger charge is -2.33. The second-order valence-corrected chi connectivity index (χ2v) is 9.08. The molecule has 4 rings (SSSR count). The SMILES string of the molecule is O=C1C(N2CCCCC2)=C(S(=O)(=O)NCc2ccc(F)cc2)C(=O)c2ccccc21. The van der Waals surface area contributed by atoms with Gasteiger partial charge >= 0.3 is 0 Å². The number of ketones is 2. The van der Waals surface area contributed by atoms with Gasteiger partial charge in [-0.1, -0.05) is 36.4 Å². The van der Waals surface area contributed by atoms with Crippen LogP contribution >= 0.6 is 0 Å². The second-order valence-electron chi connectivity index (χ2n) is 7.38. The number of likely N-dealkylation sites (tertiary alicyclic amines) is 1. The molecule has 0 saturated carbocycles. The molecule has 156 valence electrons. The molecule has 0 bridgehead atoms. The molecule has 1 saturated heterocycles. The average molecular weight is 428 g/mol. The van der Waals surface area contributed by atoms with Gasteiger partial charge in [0.1, 0.15) is 11.5 Å². The first-order chi connectivity index (χ1) is 14.4. The van der Waals surface area contributed by atoms with Crippen molar-refractivity contribution in [3.8, 4) is 0 Å². The van der Waals surface area contributed by atoms with Crippen LogP contribution in [-0.4, -0.2) is 38.0 Å².